The van der Waals surface area contributed by atoms with Crippen LogP contribution in [0.15, 0.2) is 12.2 Å². The van der Waals surface area contributed by atoms with Gasteiger partial charge in [-0.2, -0.15) is 0 Å². The van der Waals surface area contributed by atoms with E-state index < -0.39 is 0 Å². The third-order valence-electron chi connectivity index (χ3n) is 3.63. The second-order valence-corrected chi connectivity index (χ2v) is 7.33. The summed E-state index contributed by atoms with van der Waals surface area (Å²) < 4.78 is 0. The van der Waals surface area contributed by atoms with Crippen LogP contribution < -0.4 is 5.73 Å². The first-order valence-electron chi connectivity index (χ1n) is 7.00. The largest absolute Gasteiger partial charge is 0.330 e. The van der Waals surface area contributed by atoms with Crippen LogP contribution in [0.3, 0.4) is 0 Å². The molecule has 0 saturated heterocycles. The maximum Gasteiger partial charge on any atom is -0.00773 e. The Labute approximate surface area is 109 Å². The molecule has 0 radical (unpaired) electrons. The molecule has 0 bridgehead atoms. The quantitative estimate of drug-likeness (QED) is 0.524. The lowest BCUT2D eigenvalue weighted by Gasteiger charge is -2.38. The first-order valence-corrected chi connectivity index (χ1v) is 7.00. The fourth-order valence-corrected chi connectivity index (χ4v) is 2.32. The van der Waals surface area contributed by atoms with E-state index in [2.05, 4.69) is 48.1 Å². The van der Waals surface area contributed by atoms with Gasteiger partial charge in [-0.05, 0) is 36.1 Å². The van der Waals surface area contributed by atoms with Gasteiger partial charge in [-0.15, -0.1) is 0 Å². The molecule has 17 heavy (non-hydrogen) atoms. The second-order valence-electron chi connectivity index (χ2n) is 7.33. The van der Waals surface area contributed by atoms with Gasteiger partial charge < -0.3 is 5.73 Å². The Kier molecular flexibility index (Phi) is 6.47. The highest BCUT2D eigenvalue weighted by Crippen LogP contribution is 2.42. The lowest BCUT2D eigenvalue weighted by atomic mass is 9.67. The summed E-state index contributed by atoms with van der Waals surface area (Å²) >= 11 is 0. The van der Waals surface area contributed by atoms with Crippen LogP contribution in [0.2, 0.25) is 0 Å². The number of rotatable bonds is 6. The third kappa shape index (κ3) is 6.26. The predicted molar refractivity (Wildman–Crippen MR) is 79.1 cm³/mol. The fourth-order valence-electron chi connectivity index (χ4n) is 2.32. The summed E-state index contributed by atoms with van der Waals surface area (Å²) in [7, 11) is 0. The van der Waals surface area contributed by atoms with Crippen LogP contribution in [0.25, 0.3) is 0 Å². The first-order chi connectivity index (χ1) is 7.60. The van der Waals surface area contributed by atoms with Crippen LogP contribution in [-0.4, -0.2) is 6.54 Å². The van der Waals surface area contributed by atoms with Crippen molar-refractivity contribution >= 4 is 0 Å². The van der Waals surface area contributed by atoms with Crippen molar-refractivity contribution in [1.82, 2.24) is 0 Å². The standard InChI is InChI=1S/C16H33N/c1-13(15(2,3)4)14(16(5,6)7)11-9-8-10-12-17/h14H,1,8-12,17H2,2-7H3. The molecule has 0 aromatic carbocycles. The number of allylic oxidation sites excluding steroid dienone is 1. The number of hydrogen-bond acceptors (Lipinski definition) is 1. The molecular formula is C16H33N. The number of nitrogens with two attached hydrogens (primary N) is 1. The van der Waals surface area contributed by atoms with Gasteiger partial charge in [0.2, 0.25) is 0 Å². The van der Waals surface area contributed by atoms with Crippen LogP contribution in [0.4, 0.5) is 0 Å². The Morgan fingerprint density at radius 2 is 1.53 bits per heavy atom. The van der Waals surface area contributed by atoms with E-state index >= 15 is 0 Å². The Bertz CT molecular complexity index is 227. The van der Waals surface area contributed by atoms with Crippen molar-refractivity contribution in [3.8, 4) is 0 Å². The summed E-state index contributed by atoms with van der Waals surface area (Å²) in [5.41, 5.74) is 7.47. The average Bonchev–Trinajstić information content (AvgIpc) is 2.13. The molecule has 1 heteroatoms. The van der Waals surface area contributed by atoms with Gasteiger partial charge in [-0.1, -0.05) is 66.5 Å². The molecular weight excluding hydrogens is 206 g/mol. The Morgan fingerprint density at radius 3 is 1.88 bits per heavy atom. The molecule has 0 amide bonds. The molecule has 1 atom stereocenters. The third-order valence-corrected chi connectivity index (χ3v) is 3.63. The van der Waals surface area contributed by atoms with Gasteiger partial charge >= 0.3 is 0 Å². The molecule has 0 aliphatic carbocycles. The molecule has 1 nitrogen and oxygen atoms in total. The Balaban J connectivity index is 4.52. The molecule has 0 saturated carbocycles. The van der Waals surface area contributed by atoms with Crippen molar-refractivity contribution < 1.29 is 0 Å². The molecule has 2 N–H and O–H groups in total. The van der Waals surface area contributed by atoms with E-state index in [-0.39, 0.29) is 5.41 Å². The highest BCUT2D eigenvalue weighted by atomic mass is 14.5. The van der Waals surface area contributed by atoms with Crippen molar-refractivity contribution in [2.45, 2.75) is 67.2 Å². The molecule has 102 valence electrons. The van der Waals surface area contributed by atoms with Gasteiger partial charge in [0.05, 0.1) is 0 Å². The zero-order valence-corrected chi connectivity index (χ0v) is 12.9. The van der Waals surface area contributed by atoms with Crippen LogP contribution in [-0.2, 0) is 0 Å². The summed E-state index contributed by atoms with van der Waals surface area (Å²) in [5, 5.41) is 0. The molecule has 0 aromatic heterocycles. The van der Waals surface area contributed by atoms with E-state index in [4.69, 9.17) is 5.73 Å². The molecule has 0 fully saturated rings. The lowest BCUT2D eigenvalue weighted by molar-refractivity contribution is 0.226. The van der Waals surface area contributed by atoms with Gasteiger partial charge in [0.25, 0.3) is 0 Å². The number of unbranched alkanes of at least 4 members (excludes halogenated alkanes) is 2. The highest BCUT2D eigenvalue weighted by molar-refractivity contribution is 5.12. The average molecular weight is 239 g/mol. The molecule has 0 aliphatic rings. The van der Waals surface area contributed by atoms with Crippen molar-refractivity contribution in [2.75, 3.05) is 6.54 Å². The maximum atomic E-state index is 5.54. The van der Waals surface area contributed by atoms with Gasteiger partial charge in [0.15, 0.2) is 0 Å². The SMILES string of the molecule is C=C(C(CCCCCN)C(C)(C)C)C(C)(C)C. The van der Waals surface area contributed by atoms with E-state index in [0.717, 1.165) is 13.0 Å². The summed E-state index contributed by atoms with van der Waals surface area (Å²) in [6, 6.07) is 0. The minimum atomic E-state index is 0.214. The topological polar surface area (TPSA) is 26.0 Å². The molecule has 0 spiro atoms. The number of hydrogen-bond donors (Lipinski definition) is 1. The highest BCUT2D eigenvalue weighted by Gasteiger charge is 2.31. The zero-order valence-electron chi connectivity index (χ0n) is 12.9. The Morgan fingerprint density at radius 1 is 1.00 bits per heavy atom. The van der Waals surface area contributed by atoms with Gasteiger partial charge in [0, 0.05) is 0 Å². The second kappa shape index (κ2) is 6.58. The van der Waals surface area contributed by atoms with E-state index in [9.17, 15) is 0 Å². The molecule has 0 aromatic rings. The van der Waals surface area contributed by atoms with Crippen LogP contribution in [0.5, 0.6) is 0 Å². The van der Waals surface area contributed by atoms with Crippen molar-refractivity contribution in [2.24, 2.45) is 22.5 Å². The lowest BCUT2D eigenvalue weighted by Crippen LogP contribution is -2.28. The minimum absolute atomic E-state index is 0.214. The molecule has 0 rings (SSSR count). The van der Waals surface area contributed by atoms with Gasteiger partial charge in [0.1, 0.15) is 0 Å². The summed E-state index contributed by atoms with van der Waals surface area (Å²) in [4.78, 5) is 0. The van der Waals surface area contributed by atoms with Crippen LogP contribution in [0, 0.1) is 16.7 Å². The monoisotopic (exact) mass is 239 g/mol. The molecule has 1 unspecified atom stereocenters. The van der Waals surface area contributed by atoms with Crippen molar-refractivity contribution in [3.63, 3.8) is 0 Å². The predicted octanol–water partition coefficient (Wildman–Crippen LogP) is 4.77. The van der Waals surface area contributed by atoms with E-state index in [1.807, 2.05) is 0 Å². The van der Waals surface area contributed by atoms with Crippen molar-refractivity contribution in [3.05, 3.63) is 12.2 Å². The molecule has 0 aliphatic heterocycles. The Hall–Kier alpha value is -0.300. The minimum Gasteiger partial charge on any atom is -0.330 e. The van der Waals surface area contributed by atoms with Gasteiger partial charge in [-0.25, -0.2) is 0 Å². The summed E-state index contributed by atoms with van der Waals surface area (Å²) in [6.07, 6.45) is 4.92. The smallest absolute Gasteiger partial charge is 0.00773 e. The summed E-state index contributed by atoms with van der Waals surface area (Å²) in [6.45, 7) is 19.0. The van der Waals surface area contributed by atoms with E-state index in [0.29, 0.717) is 11.3 Å². The van der Waals surface area contributed by atoms with Crippen LogP contribution in [0.1, 0.15) is 67.2 Å². The van der Waals surface area contributed by atoms with Crippen molar-refractivity contribution in [1.29, 1.82) is 0 Å². The fraction of sp³-hybridized carbons (Fsp3) is 0.875. The maximum absolute atomic E-state index is 5.54. The van der Waals surface area contributed by atoms with E-state index in [1.54, 1.807) is 0 Å². The first kappa shape index (κ1) is 16.7. The molecule has 0 heterocycles. The van der Waals surface area contributed by atoms with E-state index in [1.165, 1.54) is 24.8 Å². The van der Waals surface area contributed by atoms with Crippen LogP contribution >= 0.6 is 0 Å². The zero-order chi connectivity index (χ0) is 13.7. The summed E-state index contributed by atoms with van der Waals surface area (Å²) in [5.74, 6) is 0.611. The van der Waals surface area contributed by atoms with Gasteiger partial charge in [-0.3, -0.25) is 0 Å². The normalized spacial score (nSPS) is 14.8.